The van der Waals surface area contributed by atoms with Crippen molar-refractivity contribution in [1.29, 1.82) is 0 Å². The molecule has 1 radical (unpaired) electrons. The molecule has 0 saturated heterocycles. The van der Waals surface area contributed by atoms with E-state index >= 15 is 0 Å². The number of hydrogen-bond donors (Lipinski definition) is 1. The number of hydrogen-bond acceptors (Lipinski definition) is 2. The molecule has 0 atom stereocenters. The molecule has 2 rings (SSSR count). The zero-order valence-corrected chi connectivity index (χ0v) is 14.6. The van der Waals surface area contributed by atoms with Gasteiger partial charge >= 0.3 is 0 Å². The fourth-order valence-corrected chi connectivity index (χ4v) is 2.26. The van der Waals surface area contributed by atoms with E-state index < -0.39 is 18.5 Å². The Hall–Kier alpha value is -0.586. The van der Waals surface area contributed by atoms with Crippen molar-refractivity contribution in [3.63, 3.8) is 0 Å². The summed E-state index contributed by atoms with van der Waals surface area (Å²) in [5, 5.41) is 9.32. The molecule has 1 aromatic carbocycles. The zero-order valence-electron chi connectivity index (χ0n) is 10.2. The van der Waals surface area contributed by atoms with E-state index in [0.717, 1.165) is 4.57 Å². The van der Waals surface area contributed by atoms with Crippen molar-refractivity contribution in [2.24, 2.45) is 0 Å². The number of phenolic OH excluding ortho intramolecular Hbond substituents is 1. The summed E-state index contributed by atoms with van der Waals surface area (Å²) in [5.41, 5.74) is 0.241. The van der Waals surface area contributed by atoms with Crippen LogP contribution in [-0.4, -0.2) is 16.1 Å². The van der Waals surface area contributed by atoms with Crippen LogP contribution in [0.4, 0.5) is 8.78 Å². The molecule has 0 unspecified atom stereocenters. The van der Waals surface area contributed by atoms with Gasteiger partial charge in [-0.3, -0.25) is 4.79 Å². The van der Waals surface area contributed by atoms with E-state index in [9.17, 15) is 18.7 Å². The smallest absolute Gasteiger partial charge is 0.256 e. The number of benzene rings is 1. The molecule has 2 aromatic rings. The molecule has 7 heteroatoms. The molecule has 0 spiro atoms. The minimum Gasteiger partial charge on any atom is -0.508 e. The van der Waals surface area contributed by atoms with Gasteiger partial charge in [-0.1, -0.05) is 33.3 Å². The van der Waals surface area contributed by atoms with Crippen molar-refractivity contribution < 1.29 is 46.6 Å². The molecule has 0 bridgehead atoms. The monoisotopic (exact) mass is 417 g/mol. The van der Waals surface area contributed by atoms with E-state index in [0.29, 0.717) is 10.0 Å². The van der Waals surface area contributed by atoms with Crippen molar-refractivity contribution in [3.8, 4) is 17.0 Å². The van der Waals surface area contributed by atoms with Crippen molar-refractivity contribution in [1.82, 2.24) is 4.57 Å². The Labute approximate surface area is 147 Å². The summed E-state index contributed by atoms with van der Waals surface area (Å²) in [7, 11) is 0. The maximum absolute atomic E-state index is 12.5. The molecule has 103 valence electrons. The van der Waals surface area contributed by atoms with Crippen LogP contribution in [0.25, 0.3) is 11.3 Å². The van der Waals surface area contributed by atoms with E-state index in [1.165, 1.54) is 30.3 Å². The maximum atomic E-state index is 12.5. The summed E-state index contributed by atoms with van der Waals surface area (Å²) in [6.07, 6.45) is -2.64. The molecule has 0 saturated carbocycles. The first-order chi connectivity index (χ1) is 8.99. The predicted octanol–water partition coefficient (Wildman–Crippen LogP) is 3.05. The molecular formula is C13H9BrF2NO2Y-. The number of alkyl halides is 2. The molecule has 0 fully saturated rings. The third-order valence-corrected chi connectivity index (χ3v) is 3.17. The fourth-order valence-electron chi connectivity index (χ4n) is 1.71. The van der Waals surface area contributed by atoms with Crippen LogP contribution in [0.3, 0.4) is 0 Å². The van der Waals surface area contributed by atoms with E-state index in [4.69, 9.17) is 0 Å². The Balaban J connectivity index is 0.00000200. The maximum Gasteiger partial charge on any atom is 0.256 e. The molecule has 1 heterocycles. The number of nitrogens with zero attached hydrogens (tertiary/aromatic N) is 1. The SMILES string of the molecule is O=c1cc[c-]c(-c2ccc(O)cc2Br)n1CC(F)F.[Y]. The van der Waals surface area contributed by atoms with Crippen LogP contribution in [0.2, 0.25) is 0 Å². The van der Waals surface area contributed by atoms with Gasteiger partial charge in [0.05, 0.1) is 6.54 Å². The second-order valence-electron chi connectivity index (χ2n) is 3.83. The number of aromatic hydroxyl groups is 1. The van der Waals surface area contributed by atoms with E-state index in [1.807, 2.05) is 0 Å². The summed E-state index contributed by atoms with van der Waals surface area (Å²) >= 11 is 3.23. The Morgan fingerprint density at radius 1 is 1.35 bits per heavy atom. The molecule has 0 amide bonds. The van der Waals surface area contributed by atoms with Crippen molar-refractivity contribution in [2.75, 3.05) is 0 Å². The largest absolute Gasteiger partial charge is 0.508 e. The molecular weight excluding hydrogens is 409 g/mol. The predicted molar refractivity (Wildman–Crippen MR) is 70.3 cm³/mol. The number of rotatable bonds is 3. The summed E-state index contributed by atoms with van der Waals surface area (Å²) in [5.74, 6) is 0.0364. The summed E-state index contributed by atoms with van der Waals surface area (Å²) in [6, 6.07) is 9.72. The topological polar surface area (TPSA) is 42.2 Å². The third kappa shape index (κ3) is 3.96. The second kappa shape index (κ2) is 7.43. The van der Waals surface area contributed by atoms with Crippen molar-refractivity contribution in [3.05, 3.63) is 51.2 Å². The number of aromatic nitrogens is 1. The zero-order chi connectivity index (χ0) is 14.0. The van der Waals surface area contributed by atoms with Gasteiger partial charge in [0.2, 0.25) is 0 Å². The first-order valence-corrected chi connectivity index (χ1v) is 6.17. The van der Waals surface area contributed by atoms with Crippen LogP contribution >= 0.6 is 15.9 Å². The standard InChI is InChI=1S/C13H9BrF2NO2.Y/c14-10-6-8(18)4-5-9(10)11-2-1-3-13(19)17(11)7-12(15)16;/h1,3-6,12,18H,7H2;/q-1;. The minimum absolute atomic E-state index is 0. The molecule has 20 heavy (non-hydrogen) atoms. The number of pyridine rings is 1. The number of halogens is 3. The molecule has 1 N–H and O–H groups in total. The van der Waals surface area contributed by atoms with E-state index in [1.54, 1.807) is 0 Å². The molecule has 0 aliphatic heterocycles. The van der Waals surface area contributed by atoms with Crippen molar-refractivity contribution in [2.45, 2.75) is 13.0 Å². The summed E-state index contributed by atoms with van der Waals surface area (Å²) in [4.78, 5) is 11.7. The molecule has 0 aliphatic rings. The van der Waals surface area contributed by atoms with Gasteiger partial charge < -0.3 is 9.67 Å². The van der Waals surface area contributed by atoms with Crippen LogP contribution in [0.1, 0.15) is 0 Å². The quantitative estimate of drug-likeness (QED) is 0.780. The number of phenols is 1. The van der Waals surface area contributed by atoms with Crippen LogP contribution in [-0.2, 0) is 39.3 Å². The van der Waals surface area contributed by atoms with Crippen LogP contribution < -0.4 is 5.56 Å². The average molecular weight is 418 g/mol. The van der Waals surface area contributed by atoms with Crippen LogP contribution in [0.5, 0.6) is 5.75 Å². The Kier molecular flexibility index (Phi) is 6.49. The van der Waals surface area contributed by atoms with Gasteiger partial charge in [0.25, 0.3) is 6.43 Å². The first-order valence-electron chi connectivity index (χ1n) is 5.37. The van der Waals surface area contributed by atoms with E-state index in [2.05, 4.69) is 22.0 Å². The summed E-state index contributed by atoms with van der Waals surface area (Å²) < 4.78 is 26.5. The van der Waals surface area contributed by atoms with Gasteiger partial charge in [0, 0.05) is 32.7 Å². The molecule has 0 aliphatic carbocycles. The third-order valence-electron chi connectivity index (χ3n) is 2.51. The molecule has 3 nitrogen and oxygen atoms in total. The molecule has 1 aromatic heterocycles. The fraction of sp³-hybridized carbons (Fsp3) is 0.154. The van der Waals surface area contributed by atoms with Gasteiger partial charge in [-0.2, -0.15) is 12.1 Å². The second-order valence-corrected chi connectivity index (χ2v) is 4.68. The van der Waals surface area contributed by atoms with Gasteiger partial charge in [-0.25, -0.2) is 8.78 Å². The summed E-state index contributed by atoms with van der Waals surface area (Å²) in [6.45, 7) is -0.696. The first kappa shape index (κ1) is 17.5. The van der Waals surface area contributed by atoms with Gasteiger partial charge in [-0.15, -0.1) is 6.07 Å². The minimum atomic E-state index is -2.64. The Morgan fingerprint density at radius 2 is 2.05 bits per heavy atom. The Bertz CT molecular complexity index is 661. The van der Waals surface area contributed by atoms with Crippen LogP contribution in [0.15, 0.2) is 39.6 Å². The van der Waals surface area contributed by atoms with Gasteiger partial charge in [0.15, 0.2) is 5.56 Å². The van der Waals surface area contributed by atoms with Crippen LogP contribution in [0, 0.1) is 6.07 Å². The van der Waals surface area contributed by atoms with Gasteiger partial charge in [-0.05, 0) is 16.6 Å². The normalized spacial score (nSPS) is 10.4. The van der Waals surface area contributed by atoms with Gasteiger partial charge in [0.1, 0.15) is 5.75 Å². The van der Waals surface area contributed by atoms with Crippen molar-refractivity contribution >= 4 is 15.9 Å². The Morgan fingerprint density at radius 3 is 2.65 bits per heavy atom. The average Bonchev–Trinajstić information content (AvgIpc) is 2.32. The van der Waals surface area contributed by atoms with E-state index in [-0.39, 0.29) is 44.2 Å².